The van der Waals surface area contributed by atoms with Crippen molar-refractivity contribution < 1.29 is 28.8 Å². The van der Waals surface area contributed by atoms with Crippen molar-refractivity contribution in [3.63, 3.8) is 0 Å². The zero-order valence-electron chi connectivity index (χ0n) is 15.7. The predicted molar refractivity (Wildman–Crippen MR) is 93.5 cm³/mol. The van der Waals surface area contributed by atoms with Crippen LogP contribution in [0.1, 0.15) is 61.3 Å². The first-order valence-corrected chi connectivity index (χ1v) is 8.71. The number of hydrogen-bond donors (Lipinski definition) is 1. The van der Waals surface area contributed by atoms with E-state index in [0.717, 1.165) is 0 Å². The molecule has 0 aromatic heterocycles. The van der Waals surface area contributed by atoms with Gasteiger partial charge < -0.3 is 14.9 Å². The molecule has 0 spiro atoms. The molecule has 1 aromatic rings. The molecule has 1 fully saturated rings. The molecule has 1 unspecified atom stereocenters. The van der Waals surface area contributed by atoms with Crippen molar-refractivity contribution in [2.24, 2.45) is 5.41 Å². The molecule has 3 amide bonds. The third-order valence-electron chi connectivity index (χ3n) is 4.57. The van der Waals surface area contributed by atoms with Gasteiger partial charge in [-0.05, 0) is 51.2 Å². The van der Waals surface area contributed by atoms with Crippen LogP contribution < -0.4 is 5.32 Å². The van der Waals surface area contributed by atoms with Gasteiger partial charge in [0.25, 0.3) is 11.8 Å². The fourth-order valence-corrected chi connectivity index (χ4v) is 2.82. The van der Waals surface area contributed by atoms with E-state index < -0.39 is 40.9 Å². The van der Waals surface area contributed by atoms with Crippen molar-refractivity contribution in [2.75, 3.05) is 0 Å². The predicted octanol–water partition coefficient (Wildman–Crippen LogP) is 2.43. The van der Waals surface area contributed by atoms with Crippen LogP contribution in [0.3, 0.4) is 0 Å². The number of carbonyl (C=O) groups excluding carboxylic acids is 4. The summed E-state index contributed by atoms with van der Waals surface area (Å²) in [4.78, 5) is 54.6. The molecular weight excluding hydrogens is 352 g/mol. The first-order valence-electron chi connectivity index (χ1n) is 8.71. The molecule has 0 saturated heterocycles. The Balaban J connectivity index is 1.74. The number of imide groups is 1. The number of hydrogen-bond acceptors (Lipinski definition) is 6. The Kier molecular flexibility index (Phi) is 4.45. The number of alkyl carbamates (subject to hydrolysis) is 1. The molecule has 1 saturated carbocycles. The quantitative estimate of drug-likeness (QED) is 0.812. The number of hydroxylamine groups is 2. The average molecular weight is 374 g/mol. The maximum Gasteiger partial charge on any atom is 0.408 e. The van der Waals surface area contributed by atoms with Gasteiger partial charge in [0.05, 0.1) is 11.1 Å². The van der Waals surface area contributed by atoms with E-state index in [4.69, 9.17) is 9.57 Å². The van der Waals surface area contributed by atoms with E-state index in [1.807, 2.05) is 6.92 Å². The van der Waals surface area contributed by atoms with Crippen LogP contribution in [0.5, 0.6) is 0 Å². The summed E-state index contributed by atoms with van der Waals surface area (Å²) >= 11 is 0. The van der Waals surface area contributed by atoms with E-state index in [2.05, 4.69) is 5.32 Å². The van der Waals surface area contributed by atoms with Gasteiger partial charge in [0.15, 0.2) is 0 Å². The smallest absolute Gasteiger partial charge is 0.408 e. The summed E-state index contributed by atoms with van der Waals surface area (Å²) in [7, 11) is 0. The Bertz CT molecular complexity index is 787. The van der Waals surface area contributed by atoms with Gasteiger partial charge in [-0.1, -0.05) is 24.1 Å². The highest BCUT2D eigenvalue weighted by atomic mass is 16.7. The minimum Gasteiger partial charge on any atom is -0.444 e. The largest absolute Gasteiger partial charge is 0.444 e. The second kappa shape index (κ2) is 6.37. The van der Waals surface area contributed by atoms with E-state index in [9.17, 15) is 19.2 Å². The van der Waals surface area contributed by atoms with Gasteiger partial charge in [0, 0.05) is 0 Å². The Morgan fingerprint density at radius 1 is 1.11 bits per heavy atom. The first-order chi connectivity index (χ1) is 12.5. The number of ether oxygens (including phenoxy) is 1. The van der Waals surface area contributed by atoms with Gasteiger partial charge in [-0.2, -0.15) is 0 Å². The average Bonchev–Trinajstić information content (AvgIpc) is 3.28. The van der Waals surface area contributed by atoms with Gasteiger partial charge in [0.1, 0.15) is 11.6 Å². The van der Waals surface area contributed by atoms with Gasteiger partial charge in [0.2, 0.25) is 0 Å². The molecule has 2 aliphatic rings. The molecule has 0 radical (unpaired) electrons. The number of benzene rings is 1. The zero-order chi connectivity index (χ0) is 20.0. The number of carbonyl (C=O) groups is 4. The highest BCUT2D eigenvalue weighted by Gasteiger charge is 2.52. The van der Waals surface area contributed by atoms with Crippen LogP contribution in [-0.4, -0.2) is 40.6 Å². The molecule has 8 heteroatoms. The Morgan fingerprint density at radius 3 is 2.07 bits per heavy atom. The third-order valence-corrected chi connectivity index (χ3v) is 4.57. The fraction of sp³-hybridized carbons (Fsp3) is 0.474. The van der Waals surface area contributed by atoms with Gasteiger partial charge in [-0.15, -0.1) is 0 Å². The molecule has 1 aromatic carbocycles. The number of nitrogens with one attached hydrogen (secondary N) is 1. The first kappa shape index (κ1) is 18.9. The maximum absolute atomic E-state index is 12.7. The van der Waals surface area contributed by atoms with Gasteiger partial charge >= 0.3 is 12.1 Å². The lowest BCUT2D eigenvalue weighted by molar-refractivity contribution is -0.173. The summed E-state index contributed by atoms with van der Waals surface area (Å²) in [6.45, 7) is 6.94. The Morgan fingerprint density at radius 2 is 1.63 bits per heavy atom. The van der Waals surface area contributed by atoms with Crippen molar-refractivity contribution in [1.29, 1.82) is 0 Å². The molecule has 3 rings (SSSR count). The number of rotatable bonds is 4. The summed E-state index contributed by atoms with van der Waals surface area (Å²) < 4.78 is 5.20. The van der Waals surface area contributed by atoms with Crippen LogP contribution in [-0.2, 0) is 14.4 Å². The number of nitrogens with zero attached hydrogens (tertiary/aromatic N) is 1. The third kappa shape index (κ3) is 3.79. The standard InChI is InChI=1S/C19H22N2O6/c1-18(2,3)26-17(25)20-13(19(4)9-10-19)16(24)27-21-14(22)11-7-5-6-8-12(11)15(21)23/h5-8,13H,9-10H2,1-4H3,(H,20,25). The Labute approximate surface area is 156 Å². The van der Waals surface area contributed by atoms with Crippen molar-refractivity contribution >= 4 is 23.9 Å². The van der Waals surface area contributed by atoms with Crippen LogP contribution >= 0.6 is 0 Å². The van der Waals surface area contributed by atoms with Crippen molar-refractivity contribution in [1.82, 2.24) is 10.4 Å². The van der Waals surface area contributed by atoms with E-state index in [1.54, 1.807) is 32.9 Å². The molecular formula is C19H22N2O6. The number of amides is 3. The van der Waals surface area contributed by atoms with E-state index in [0.29, 0.717) is 17.9 Å². The van der Waals surface area contributed by atoms with Crippen molar-refractivity contribution in [2.45, 2.75) is 52.2 Å². The van der Waals surface area contributed by atoms with E-state index in [-0.39, 0.29) is 11.1 Å². The SMILES string of the molecule is CC(C)(C)OC(=O)NC(C(=O)ON1C(=O)c2ccccc2C1=O)C1(C)CC1. The molecule has 1 N–H and O–H groups in total. The topological polar surface area (TPSA) is 102 Å². The summed E-state index contributed by atoms with van der Waals surface area (Å²) in [6.07, 6.45) is 0.634. The minimum atomic E-state index is -1.03. The van der Waals surface area contributed by atoms with Crippen LogP contribution in [0, 0.1) is 5.41 Å². The summed E-state index contributed by atoms with van der Waals surface area (Å²) in [5.74, 6) is -2.29. The van der Waals surface area contributed by atoms with Crippen LogP contribution in [0.25, 0.3) is 0 Å². The molecule has 27 heavy (non-hydrogen) atoms. The normalized spacial score (nSPS) is 18.6. The lowest BCUT2D eigenvalue weighted by Crippen LogP contribution is -2.50. The maximum atomic E-state index is 12.7. The minimum absolute atomic E-state index is 0.171. The summed E-state index contributed by atoms with van der Waals surface area (Å²) in [5.41, 5.74) is -0.896. The molecule has 8 nitrogen and oxygen atoms in total. The second-order valence-corrected chi connectivity index (χ2v) is 8.09. The molecule has 144 valence electrons. The highest BCUT2D eigenvalue weighted by molar-refractivity contribution is 6.20. The molecule has 1 aliphatic carbocycles. The lowest BCUT2D eigenvalue weighted by Gasteiger charge is -2.26. The van der Waals surface area contributed by atoms with Gasteiger partial charge in [-0.3, -0.25) is 9.59 Å². The van der Waals surface area contributed by atoms with E-state index >= 15 is 0 Å². The summed E-state index contributed by atoms with van der Waals surface area (Å²) in [5, 5.41) is 2.96. The highest BCUT2D eigenvalue weighted by Crippen LogP contribution is 2.48. The summed E-state index contributed by atoms with van der Waals surface area (Å²) in [6, 6.07) is 5.18. The monoisotopic (exact) mass is 374 g/mol. The van der Waals surface area contributed by atoms with Crippen molar-refractivity contribution in [3.05, 3.63) is 35.4 Å². The zero-order valence-corrected chi connectivity index (χ0v) is 15.7. The molecule has 1 atom stereocenters. The van der Waals surface area contributed by atoms with Gasteiger partial charge in [-0.25, -0.2) is 9.59 Å². The van der Waals surface area contributed by atoms with Crippen LogP contribution in [0.2, 0.25) is 0 Å². The Hall–Kier alpha value is -2.90. The molecule has 0 bridgehead atoms. The second-order valence-electron chi connectivity index (χ2n) is 8.09. The van der Waals surface area contributed by atoms with E-state index in [1.165, 1.54) is 12.1 Å². The van der Waals surface area contributed by atoms with Crippen LogP contribution in [0.4, 0.5) is 4.79 Å². The van der Waals surface area contributed by atoms with Crippen LogP contribution in [0.15, 0.2) is 24.3 Å². The lowest BCUT2D eigenvalue weighted by atomic mass is 9.99. The number of fused-ring (bicyclic) bond motifs is 1. The van der Waals surface area contributed by atoms with Crippen molar-refractivity contribution in [3.8, 4) is 0 Å². The fourth-order valence-electron chi connectivity index (χ4n) is 2.82. The molecule has 1 aliphatic heterocycles. The molecule has 1 heterocycles.